The van der Waals surface area contributed by atoms with Gasteiger partial charge in [0.25, 0.3) is 0 Å². The maximum atomic E-state index is 13.9. The molecule has 1 aromatic rings. The molecule has 1 amide bonds. The van der Waals surface area contributed by atoms with Crippen molar-refractivity contribution < 1.29 is 31.1 Å². The van der Waals surface area contributed by atoms with Crippen LogP contribution in [0.25, 0.3) is 0 Å². The fourth-order valence-electron chi connectivity index (χ4n) is 2.31. The minimum absolute atomic E-state index is 0.152. The SMILES string of the molecule is CS(=O)(=O)N(CC(=O)NCC1CCCO1)c1ccc(F)c(F)c1F. The highest BCUT2D eigenvalue weighted by Gasteiger charge is 2.27. The molecule has 134 valence electrons. The predicted molar refractivity (Wildman–Crippen MR) is 80.5 cm³/mol. The smallest absolute Gasteiger partial charge is 0.240 e. The Morgan fingerprint density at radius 3 is 2.62 bits per heavy atom. The third-order valence-corrected chi connectivity index (χ3v) is 4.65. The number of hydrogen-bond donors (Lipinski definition) is 1. The monoisotopic (exact) mass is 366 g/mol. The van der Waals surface area contributed by atoms with Crippen molar-refractivity contribution in [2.45, 2.75) is 18.9 Å². The standard InChI is InChI=1S/C14H17F3N2O4S/c1-24(21,22)19(11-5-4-10(15)13(16)14(11)17)8-12(20)18-7-9-3-2-6-23-9/h4-5,9H,2-3,6-8H2,1H3,(H,18,20). The van der Waals surface area contributed by atoms with Gasteiger partial charge in [0.05, 0.1) is 18.0 Å². The Bertz CT molecular complexity index is 721. The van der Waals surface area contributed by atoms with E-state index in [1.807, 2.05) is 0 Å². The normalized spacial score (nSPS) is 17.8. The molecule has 10 heteroatoms. The lowest BCUT2D eigenvalue weighted by molar-refractivity contribution is -0.120. The molecule has 1 fully saturated rings. The molecule has 1 aliphatic heterocycles. The molecule has 0 bridgehead atoms. The van der Waals surface area contributed by atoms with Crippen LogP contribution < -0.4 is 9.62 Å². The van der Waals surface area contributed by atoms with E-state index >= 15 is 0 Å². The number of hydrogen-bond acceptors (Lipinski definition) is 4. The first kappa shape index (κ1) is 18.5. The molecule has 1 unspecified atom stereocenters. The Morgan fingerprint density at radius 1 is 1.33 bits per heavy atom. The molecule has 0 aromatic heterocycles. The number of sulfonamides is 1. The Kier molecular flexibility index (Phi) is 5.70. The van der Waals surface area contributed by atoms with E-state index in [1.165, 1.54) is 0 Å². The van der Waals surface area contributed by atoms with Gasteiger partial charge in [-0.1, -0.05) is 0 Å². The van der Waals surface area contributed by atoms with Crippen molar-refractivity contribution in [3.8, 4) is 0 Å². The van der Waals surface area contributed by atoms with Crippen LogP contribution in [-0.4, -0.2) is 46.4 Å². The van der Waals surface area contributed by atoms with Crippen molar-refractivity contribution in [2.24, 2.45) is 0 Å². The molecule has 1 atom stereocenters. The van der Waals surface area contributed by atoms with Crippen LogP contribution in [0.2, 0.25) is 0 Å². The lowest BCUT2D eigenvalue weighted by Crippen LogP contribution is -2.42. The number of halogens is 3. The van der Waals surface area contributed by atoms with Gasteiger partial charge in [-0.15, -0.1) is 0 Å². The summed E-state index contributed by atoms with van der Waals surface area (Å²) in [5, 5.41) is 2.48. The maximum absolute atomic E-state index is 13.9. The Labute approximate surface area is 137 Å². The van der Waals surface area contributed by atoms with Crippen molar-refractivity contribution in [1.82, 2.24) is 5.32 Å². The molecule has 2 rings (SSSR count). The summed E-state index contributed by atoms with van der Waals surface area (Å²) in [6.07, 6.45) is 2.23. The van der Waals surface area contributed by atoms with Crippen LogP contribution >= 0.6 is 0 Å². The van der Waals surface area contributed by atoms with Gasteiger partial charge in [0, 0.05) is 13.2 Å². The molecule has 0 spiro atoms. The van der Waals surface area contributed by atoms with E-state index in [4.69, 9.17) is 4.74 Å². The van der Waals surface area contributed by atoms with Crippen LogP contribution in [0.3, 0.4) is 0 Å². The highest BCUT2D eigenvalue weighted by atomic mass is 32.2. The lowest BCUT2D eigenvalue weighted by Gasteiger charge is -2.23. The number of benzene rings is 1. The van der Waals surface area contributed by atoms with Gasteiger partial charge in [-0.25, -0.2) is 21.6 Å². The lowest BCUT2D eigenvalue weighted by atomic mass is 10.2. The van der Waals surface area contributed by atoms with Gasteiger partial charge in [-0.2, -0.15) is 0 Å². The zero-order chi connectivity index (χ0) is 17.9. The Hall–Kier alpha value is -1.81. The molecule has 24 heavy (non-hydrogen) atoms. The topological polar surface area (TPSA) is 75.7 Å². The number of carbonyl (C=O) groups excluding carboxylic acids is 1. The zero-order valence-electron chi connectivity index (χ0n) is 12.9. The average molecular weight is 366 g/mol. The van der Waals surface area contributed by atoms with Crippen LogP contribution in [-0.2, 0) is 19.6 Å². The van der Waals surface area contributed by atoms with Crippen molar-refractivity contribution in [3.05, 3.63) is 29.6 Å². The van der Waals surface area contributed by atoms with Crippen LogP contribution in [0.15, 0.2) is 12.1 Å². The quantitative estimate of drug-likeness (QED) is 0.767. The van der Waals surface area contributed by atoms with Crippen LogP contribution in [0.5, 0.6) is 0 Å². The summed E-state index contributed by atoms with van der Waals surface area (Å²) in [6.45, 7) is 0.0281. The fourth-order valence-corrected chi connectivity index (χ4v) is 3.16. The summed E-state index contributed by atoms with van der Waals surface area (Å²) in [5.74, 6) is -5.64. The van der Waals surface area contributed by atoms with E-state index < -0.39 is 45.6 Å². The second kappa shape index (κ2) is 7.39. The molecule has 1 saturated heterocycles. The number of anilines is 1. The van der Waals surface area contributed by atoms with Crippen LogP contribution in [0.4, 0.5) is 18.9 Å². The van der Waals surface area contributed by atoms with E-state index in [0.29, 0.717) is 17.0 Å². The minimum atomic E-state index is -4.09. The van der Waals surface area contributed by atoms with E-state index in [0.717, 1.165) is 25.2 Å². The molecule has 0 radical (unpaired) electrons. The molecule has 1 aromatic carbocycles. The summed E-state index contributed by atoms with van der Waals surface area (Å²) in [5.41, 5.74) is -0.733. The number of rotatable bonds is 6. The van der Waals surface area contributed by atoms with Crippen LogP contribution in [0.1, 0.15) is 12.8 Å². The van der Waals surface area contributed by atoms with Gasteiger partial charge in [-0.3, -0.25) is 9.10 Å². The second-order valence-corrected chi connectivity index (χ2v) is 7.31. The van der Waals surface area contributed by atoms with Crippen molar-refractivity contribution in [2.75, 3.05) is 30.3 Å². The number of nitrogens with zero attached hydrogens (tertiary/aromatic N) is 1. The molecule has 1 aliphatic rings. The van der Waals surface area contributed by atoms with Gasteiger partial charge in [0.1, 0.15) is 6.54 Å². The first-order valence-corrected chi connectivity index (χ1v) is 9.04. The number of amides is 1. The average Bonchev–Trinajstić information content (AvgIpc) is 3.01. The highest BCUT2D eigenvalue weighted by Crippen LogP contribution is 2.25. The van der Waals surface area contributed by atoms with E-state index in [9.17, 15) is 26.4 Å². The predicted octanol–water partition coefficient (Wildman–Crippen LogP) is 1.17. The summed E-state index contributed by atoms with van der Waals surface area (Å²) in [4.78, 5) is 11.9. The first-order chi connectivity index (χ1) is 11.2. The van der Waals surface area contributed by atoms with E-state index in [1.54, 1.807) is 0 Å². The van der Waals surface area contributed by atoms with Crippen molar-refractivity contribution >= 4 is 21.6 Å². The van der Waals surface area contributed by atoms with Gasteiger partial charge >= 0.3 is 0 Å². The van der Waals surface area contributed by atoms with Crippen molar-refractivity contribution in [1.29, 1.82) is 0 Å². The van der Waals surface area contributed by atoms with Crippen molar-refractivity contribution in [3.63, 3.8) is 0 Å². The van der Waals surface area contributed by atoms with Crippen LogP contribution in [0, 0.1) is 17.5 Å². The van der Waals surface area contributed by atoms with Gasteiger partial charge in [-0.05, 0) is 25.0 Å². The molecule has 0 aliphatic carbocycles. The largest absolute Gasteiger partial charge is 0.376 e. The molecule has 1 heterocycles. The number of ether oxygens (including phenoxy) is 1. The second-order valence-electron chi connectivity index (χ2n) is 5.40. The zero-order valence-corrected chi connectivity index (χ0v) is 13.7. The van der Waals surface area contributed by atoms with Gasteiger partial charge in [0.15, 0.2) is 17.5 Å². The summed E-state index contributed by atoms with van der Waals surface area (Å²) < 4.78 is 69.5. The third kappa shape index (κ3) is 4.38. The highest BCUT2D eigenvalue weighted by molar-refractivity contribution is 7.92. The summed E-state index contributed by atoms with van der Waals surface area (Å²) in [7, 11) is -4.09. The molecule has 6 nitrogen and oxygen atoms in total. The molecular weight excluding hydrogens is 349 g/mol. The molecular formula is C14H17F3N2O4S. The first-order valence-electron chi connectivity index (χ1n) is 7.19. The Balaban J connectivity index is 2.14. The summed E-state index contributed by atoms with van der Waals surface area (Å²) >= 11 is 0. The number of nitrogens with one attached hydrogen (secondary N) is 1. The number of carbonyl (C=O) groups is 1. The minimum Gasteiger partial charge on any atom is -0.376 e. The fraction of sp³-hybridized carbons (Fsp3) is 0.500. The molecule has 0 saturated carbocycles. The van der Waals surface area contributed by atoms with E-state index in [2.05, 4.69) is 5.32 Å². The molecule has 1 N–H and O–H groups in total. The van der Waals surface area contributed by atoms with E-state index in [-0.39, 0.29) is 12.6 Å². The van der Waals surface area contributed by atoms with Gasteiger partial charge in [0.2, 0.25) is 15.9 Å². The Morgan fingerprint density at radius 2 is 2.04 bits per heavy atom. The maximum Gasteiger partial charge on any atom is 0.240 e. The third-order valence-electron chi connectivity index (χ3n) is 3.52. The van der Waals surface area contributed by atoms with Gasteiger partial charge < -0.3 is 10.1 Å². The summed E-state index contributed by atoms with van der Waals surface area (Å²) in [6, 6.07) is 1.36.